The van der Waals surface area contributed by atoms with Crippen LogP contribution in [-0.4, -0.2) is 19.9 Å². The number of nitrogen functional groups attached to an aromatic ring is 1. The zero-order valence-corrected chi connectivity index (χ0v) is 9.64. The third-order valence-electron chi connectivity index (χ3n) is 2.63. The van der Waals surface area contributed by atoms with E-state index in [1.807, 2.05) is 6.07 Å². The lowest BCUT2D eigenvalue weighted by molar-refractivity contribution is 1.16. The Morgan fingerprint density at radius 3 is 2.74 bits per heavy atom. The van der Waals surface area contributed by atoms with Crippen molar-refractivity contribution >= 4 is 16.9 Å². The second-order valence-electron chi connectivity index (χ2n) is 3.95. The first-order valence-electron chi connectivity index (χ1n) is 5.43. The van der Waals surface area contributed by atoms with Crippen LogP contribution in [0.4, 0.5) is 5.82 Å². The lowest BCUT2D eigenvalue weighted by Crippen LogP contribution is -1.99. The first-order chi connectivity index (χ1) is 9.15. The van der Waals surface area contributed by atoms with E-state index in [0.29, 0.717) is 22.4 Å². The summed E-state index contributed by atoms with van der Waals surface area (Å²) >= 11 is 0. The van der Waals surface area contributed by atoms with Crippen molar-refractivity contribution in [1.29, 1.82) is 5.26 Å². The molecule has 19 heavy (non-hydrogen) atoms. The average molecular weight is 252 g/mol. The van der Waals surface area contributed by atoms with Crippen LogP contribution in [0.5, 0.6) is 0 Å². The van der Waals surface area contributed by atoms with Crippen LogP contribution in [0.1, 0.15) is 5.69 Å². The summed E-state index contributed by atoms with van der Waals surface area (Å²) in [6.07, 6.45) is 0. The van der Waals surface area contributed by atoms with Crippen LogP contribution >= 0.6 is 0 Å². The van der Waals surface area contributed by atoms with Crippen LogP contribution in [0.25, 0.3) is 22.4 Å². The number of hydrogen-bond donors (Lipinski definition) is 3. The molecular formula is C12H8N6O. The molecule has 7 nitrogen and oxygen atoms in total. The number of anilines is 1. The van der Waals surface area contributed by atoms with Crippen molar-refractivity contribution in [2.45, 2.75) is 0 Å². The molecule has 3 aromatic rings. The number of benzene rings is 1. The van der Waals surface area contributed by atoms with E-state index in [0.717, 1.165) is 0 Å². The van der Waals surface area contributed by atoms with Crippen LogP contribution in [0.2, 0.25) is 0 Å². The monoisotopic (exact) mass is 252 g/mol. The van der Waals surface area contributed by atoms with Gasteiger partial charge in [0.2, 0.25) is 0 Å². The largest absolute Gasteiger partial charge is 0.384 e. The minimum Gasteiger partial charge on any atom is -0.384 e. The van der Waals surface area contributed by atoms with Crippen molar-refractivity contribution in [3.05, 3.63) is 40.4 Å². The maximum atomic E-state index is 11.2. The summed E-state index contributed by atoms with van der Waals surface area (Å²) < 4.78 is 0. The van der Waals surface area contributed by atoms with Gasteiger partial charge in [-0.2, -0.15) is 5.26 Å². The van der Waals surface area contributed by atoms with E-state index in [1.54, 1.807) is 18.2 Å². The second-order valence-corrected chi connectivity index (χ2v) is 3.95. The van der Waals surface area contributed by atoms with Crippen molar-refractivity contribution in [3.63, 3.8) is 0 Å². The number of nitrogens with zero attached hydrogens (tertiary/aromatic N) is 3. The van der Waals surface area contributed by atoms with Gasteiger partial charge in [-0.3, -0.25) is 0 Å². The third-order valence-corrected chi connectivity index (χ3v) is 2.63. The summed E-state index contributed by atoms with van der Waals surface area (Å²) in [5.74, 6) is 0.574. The molecule has 0 radical (unpaired) electrons. The minimum absolute atomic E-state index is 0.199. The van der Waals surface area contributed by atoms with Gasteiger partial charge in [-0.15, -0.1) is 0 Å². The summed E-state index contributed by atoms with van der Waals surface area (Å²) in [5.41, 5.74) is 7.55. The van der Waals surface area contributed by atoms with E-state index in [1.165, 1.54) is 6.07 Å². The molecule has 92 valence electrons. The van der Waals surface area contributed by atoms with E-state index >= 15 is 0 Å². The van der Waals surface area contributed by atoms with Gasteiger partial charge in [0.25, 0.3) is 0 Å². The molecule has 2 heterocycles. The number of rotatable bonds is 1. The molecule has 2 aromatic heterocycles. The quantitative estimate of drug-likeness (QED) is 0.589. The molecule has 0 saturated heterocycles. The molecule has 0 aliphatic carbocycles. The normalized spacial score (nSPS) is 10.5. The predicted octanol–water partition coefficient (Wildman–Crippen LogP) is 0.767. The topological polar surface area (TPSA) is 124 Å². The molecule has 0 fully saturated rings. The molecular weight excluding hydrogens is 244 g/mol. The highest BCUT2D eigenvalue weighted by Crippen LogP contribution is 2.20. The molecule has 0 aliphatic rings. The van der Waals surface area contributed by atoms with Crippen molar-refractivity contribution in [2.24, 2.45) is 0 Å². The number of nitriles is 1. The van der Waals surface area contributed by atoms with Gasteiger partial charge in [-0.05, 0) is 18.2 Å². The first-order valence-corrected chi connectivity index (χ1v) is 5.43. The predicted molar refractivity (Wildman–Crippen MR) is 69.1 cm³/mol. The number of imidazole rings is 1. The lowest BCUT2D eigenvalue weighted by Gasteiger charge is -2.02. The summed E-state index contributed by atoms with van der Waals surface area (Å²) in [6, 6.07) is 8.54. The number of nitrogens with two attached hydrogens (primary N) is 1. The van der Waals surface area contributed by atoms with E-state index < -0.39 is 0 Å². The summed E-state index contributed by atoms with van der Waals surface area (Å²) in [4.78, 5) is 24.6. The highest BCUT2D eigenvalue weighted by atomic mass is 16.1. The van der Waals surface area contributed by atoms with Crippen LogP contribution in [-0.2, 0) is 0 Å². The van der Waals surface area contributed by atoms with Crippen molar-refractivity contribution in [3.8, 4) is 17.5 Å². The Morgan fingerprint density at radius 1 is 1.16 bits per heavy atom. The Kier molecular flexibility index (Phi) is 2.29. The smallest absolute Gasteiger partial charge is 0.323 e. The van der Waals surface area contributed by atoms with E-state index in [2.05, 4.69) is 19.9 Å². The molecule has 0 spiro atoms. The van der Waals surface area contributed by atoms with Crippen molar-refractivity contribution < 1.29 is 0 Å². The SMILES string of the molecule is N#Cc1cc(N)nc(-c2ccc3[nH]c(=O)[nH]c3c2)n1. The molecule has 0 unspecified atom stereocenters. The number of aromatic amines is 2. The number of hydrogen-bond acceptors (Lipinski definition) is 5. The van der Waals surface area contributed by atoms with Gasteiger partial charge in [0.15, 0.2) is 5.82 Å². The van der Waals surface area contributed by atoms with E-state index in [-0.39, 0.29) is 17.2 Å². The average Bonchev–Trinajstić information content (AvgIpc) is 2.76. The zero-order valence-electron chi connectivity index (χ0n) is 9.64. The Bertz CT molecular complexity index is 870. The molecule has 0 saturated carbocycles. The first kappa shape index (κ1) is 11.0. The molecule has 0 amide bonds. The lowest BCUT2D eigenvalue weighted by atomic mass is 10.2. The Labute approximate surface area is 106 Å². The second kappa shape index (κ2) is 3.96. The maximum Gasteiger partial charge on any atom is 0.323 e. The molecule has 0 atom stereocenters. The Hall–Kier alpha value is -3.14. The van der Waals surface area contributed by atoms with Crippen molar-refractivity contribution in [1.82, 2.24) is 19.9 Å². The fraction of sp³-hybridized carbons (Fsp3) is 0. The van der Waals surface area contributed by atoms with Gasteiger partial charge in [-0.25, -0.2) is 14.8 Å². The number of H-pyrrole nitrogens is 2. The fourth-order valence-corrected chi connectivity index (χ4v) is 1.82. The maximum absolute atomic E-state index is 11.2. The summed E-state index contributed by atoms with van der Waals surface area (Å²) in [7, 11) is 0. The molecule has 4 N–H and O–H groups in total. The van der Waals surface area contributed by atoms with E-state index in [9.17, 15) is 4.79 Å². The molecule has 3 rings (SSSR count). The van der Waals surface area contributed by atoms with Crippen LogP contribution in [0.15, 0.2) is 29.1 Å². The Morgan fingerprint density at radius 2 is 1.95 bits per heavy atom. The minimum atomic E-state index is -0.279. The molecule has 7 heteroatoms. The standard InChI is InChI=1S/C12H8N6O/c13-5-7-4-10(14)18-11(15-7)6-1-2-8-9(3-6)17-12(19)16-8/h1-4H,(H2,14,15,18)(H2,16,17,19). The van der Waals surface area contributed by atoms with Crippen LogP contribution < -0.4 is 11.4 Å². The highest BCUT2D eigenvalue weighted by molar-refractivity contribution is 5.80. The van der Waals surface area contributed by atoms with E-state index in [4.69, 9.17) is 11.0 Å². The zero-order chi connectivity index (χ0) is 13.4. The van der Waals surface area contributed by atoms with Crippen LogP contribution in [0, 0.1) is 11.3 Å². The number of fused-ring (bicyclic) bond motifs is 1. The van der Waals surface area contributed by atoms with Gasteiger partial charge in [-0.1, -0.05) is 0 Å². The van der Waals surface area contributed by atoms with Gasteiger partial charge in [0.05, 0.1) is 11.0 Å². The van der Waals surface area contributed by atoms with Crippen LogP contribution in [0.3, 0.4) is 0 Å². The van der Waals surface area contributed by atoms with Gasteiger partial charge < -0.3 is 15.7 Å². The van der Waals surface area contributed by atoms with Gasteiger partial charge in [0.1, 0.15) is 17.6 Å². The van der Waals surface area contributed by atoms with Gasteiger partial charge >= 0.3 is 5.69 Å². The number of nitrogens with one attached hydrogen (secondary N) is 2. The molecule has 1 aromatic carbocycles. The molecule has 0 bridgehead atoms. The molecule has 0 aliphatic heterocycles. The van der Waals surface area contributed by atoms with Crippen molar-refractivity contribution in [2.75, 3.05) is 5.73 Å². The third kappa shape index (κ3) is 1.91. The summed E-state index contributed by atoms with van der Waals surface area (Å²) in [5, 5.41) is 8.86. The highest BCUT2D eigenvalue weighted by Gasteiger charge is 2.07. The summed E-state index contributed by atoms with van der Waals surface area (Å²) in [6.45, 7) is 0. The fourth-order valence-electron chi connectivity index (χ4n) is 1.82. The number of aromatic nitrogens is 4. The Balaban J connectivity index is 2.21. The van der Waals surface area contributed by atoms with Gasteiger partial charge in [0, 0.05) is 11.6 Å².